The molecule has 0 radical (unpaired) electrons. The largest absolute Gasteiger partial charge is 0.439 e. The first-order valence-electron chi connectivity index (χ1n) is 11.5. The van der Waals surface area contributed by atoms with Gasteiger partial charge in [0.25, 0.3) is 0 Å². The van der Waals surface area contributed by atoms with Crippen LogP contribution in [0.4, 0.5) is 5.69 Å². The van der Waals surface area contributed by atoms with Gasteiger partial charge in [-0.15, -0.1) is 0 Å². The van der Waals surface area contributed by atoms with Crippen molar-refractivity contribution in [3.8, 4) is 0 Å². The Morgan fingerprint density at radius 3 is 2.58 bits per heavy atom. The molecule has 0 fully saturated rings. The molecule has 5 nitrogen and oxygen atoms in total. The van der Waals surface area contributed by atoms with E-state index in [0.717, 1.165) is 51.9 Å². The Labute approximate surface area is 194 Å². The van der Waals surface area contributed by atoms with Gasteiger partial charge in [-0.25, -0.2) is 4.79 Å². The zero-order valence-corrected chi connectivity index (χ0v) is 19.8. The van der Waals surface area contributed by atoms with Crippen LogP contribution in [0.1, 0.15) is 52.3 Å². The number of pyridine rings is 1. The van der Waals surface area contributed by atoms with Crippen LogP contribution in [0.3, 0.4) is 0 Å². The minimum absolute atomic E-state index is 0.329. The van der Waals surface area contributed by atoms with Crippen molar-refractivity contribution in [2.24, 2.45) is 0 Å². The smallest absolute Gasteiger partial charge is 0.341 e. The molecule has 0 saturated heterocycles. The Balaban J connectivity index is 1.95. The number of cyclic esters (lactones) is 1. The fraction of sp³-hybridized carbons (Fsp3) is 0.286. The number of hydrogen-bond acceptors (Lipinski definition) is 4. The van der Waals surface area contributed by atoms with Crippen LogP contribution < -0.4 is 4.90 Å². The molecule has 5 rings (SSSR count). The Bertz CT molecular complexity index is 1390. The molecule has 0 N–H and O–H groups in total. The average molecular weight is 440 g/mol. The van der Waals surface area contributed by atoms with Crippen molar-refractivity contribution in [1.82, 2.24) is 9.55 Å². The Kier molecular flexibility index (Phi) is 5.00. The fourth-order valence-electron chi connectivity index (χ4n) is 5.36. The van der Waals surface area contributed by atoms with Gasteiger partial charge in [-0.05, 0) is 56.2 Å². The summed E-state index contributed by atoms with van der Waals surface area (Å²) < 4.78 is 8.75. The Morgan fingerprint density at radius 1 is 1.06 bits per heavy atom. The van der Waals surface area contributed by atoms with E-state index in [-0.39, 0.29) is 5.97 Å². The van der Waals surface area contributed by atoms with Gasteiger partial charge in [0, 0.05) is 60.2 Å². The third-order valence-corrected chi connectivity index (χ3v) is 6.87. The van der Waals surface area contributed by atoms with Gasteiger partial charge in [0.2, 0.25) is 5.60 Å². The van der Waals surface area contributed by atoms with Crippen LogP contribution in [0.25, 0.3) is 10.9 Å². The number of rotatable bonds is 5. The van der Waals surface area contributed by atoms with E-state index < -0.39 is 5.60 Å². The summed E-state index contributed by atoms with van der Waals surface area (Å²) in [5, 5.41) is 1.09. The van der Waals surface area contributed by atoms with Gasteiger partial charge >= 0.3 is 5.97 Å². The number of nitrogens with zero attached hydrogens (tertiary/aromatic N) is 3. The molecule has 0 bridgehead atoms. The SMILES string of the molecule is CCc1cc(N(C)C)ccc1C1(c2c(C)n(CC)c3ccccc23)OC(=O)c2cccnc21. The maximum Gasteiger partial charge on any atom is 0.341 e. The molecule has 0 amide bonds. The van der Waals surface area contributed by atoms with Crippen LogP contribution in [-0.4, -0.2) is 29.6 Å². The topological polar surface area (TPSA) is 47.4 Å². The fourth-order valence-corrected chi connectivity index (χ4v) is 5.36. The highest BCUT2D eigenvalue weighted by atomic mass is 16.6. The average Bonchev–Trinajstić information content (AvgIpc) is 3.29. The minimum Gasteiger partial charge on any atom is -0.439 e. The molecule has 2 aromatic carbocycles. The maximum atomic E-state index is 13.2. The van der Waals surface area contributed by atoms with Crippen molar-refractivity contribution in [2.45, 2.75) is 39.3 Å². The summed E-state index contributed by atoms with van der Waals surface area (Å²) in [6.07, 6.45) is 2.56. The first-order chi connectivity index (χ1) is 15.9. The molecule has 4 aromatic rings. The number of aryl methyl sites for hydroxylation is 2. The summed E-state index contributed by atoms with van der Waals surface area (Å²) in [5.41, 5.74) is 6.55. The van der Waals surface area contributed by atoms with E-state index in [4.69, 9.17) is 9.72 Å². The van der Waals surface area contributed by atoms with E-state index >= 15 is 0 Å². The zero-order valence-electron chi connectivity index (χ0n) is 19.8. The second-order valence-corrected chi connectivity index (χ2v) is 8.78. The molecule has 1 unspecified atom stereocenters. The number of fused-ring (bicyclic) bond motifs is 2. The highest BCUT2D eigenvalue weighted by Crippen LogP contribution is 2.51. The van der Waals surface area contributed by atoms with Gasteiger partial charge < -0.3 is 14.2 Å². The Hall–Kier alpha value is -3.60. The number of esters is 1. The highest BCUT2D eigenvalue weighted by molar-refractivity contribution is 5.98. The van der Waals surface area contributed by atoms with E-state index in [0.29, 0.717) is 11.3 Å². The number of carbonyl (C=O) groups excluding carboxylic acids is 1. The lowest BCUT2D eigenvalue weighted by atomic mass is 9.78. The molecule has 1 atom stereocenters. The number of anilines is 1. The number of carbonyl (C=O) groups is 1. The molecule has 1 aliphatic rings. The van der Waals surface area contributed by atoms with Crippen LogP contribution in [0.5, 0.6) is 0 Å². The molecule has 33 heavy (non-hydrogen) atoms. The predicted octanol–water partition coefficient (Wildman–Crippen LogP) is 5.46. The number of aromatic nitrogens is 2. The summed E-state index contributed by atoms with van der Waals surface area (Å²) in [6, 6.07) is 18.4. The summed E-state index contributed by atoms with van der Waals surface area (Å²) >= 11 is 0. The normalized spacial score (nSPS) is 17.3. The first kappa shape index (κ1) is 21.3. The molecule has 1 aliphatic heterocycles. The molecule has 0 saturated carbocycles. The summed E-state index contributed by atoms with van der Waals surface area (Å²) in [4.78, 5) is 20.1. The zero-order chi connectivity index (χ0) is 23.3. The molecular formula is C28H29N3O2. The minimum atomic E-state index is -1.10. The van der Waals surface area contributed by atoms with E-state index in [9.17, 15) is 4.79 Å². The lowest BCUT2D eigenvalue weighted by Crippen LogP contribution is -2.32. The van der Waals surface area contributed by atoms with Crippen molar-refractivity contribution in [3.05, 3.63) is 94.4 Å². The van der Waals surface area contributed by atoms with Crippen LogP contribution in [-0.2, 0) is 23.3 Å². The van der Waals surface area contributed by atoms with Crippen LogP contribution in [0, 0.1) is 6.92 Å². The first-order valence-corrected chi connectivity index (χ1v) is 11.5. The van der Waals surface area contributed by atoms with Gasteiger partial charge in [-0.3, -0.25) is 4.98 Å². The number of benzene rings is 2. The van der Waals surface area contributed by atoms with Crippen LogP contribution >= 0.6 is 0 Å². The van der Waals surface area contributed by atoms with Crippen molar-refractivity contribution in [2.75, 3.05) is 19.0 Å². The number of para-hydroxylation sites is 1. The summed E-state index contributed by atoms with van der Waals surface area (Å²) in [7, 11) is 4.07. The van der Waals surface area contributed by atoms with Crippen molar-refractivity contribution >= 4 is 22.6 Å². The molecular weight excluding hydrogens is 410 g/mol. The van der Waals surface area contributed by atoms with Crippen LogP contribution in [0.2, 0.25) is 0 Å². The standard InChI is InChI=1S/C28H29N3O2/c1-6-19-17-20(30(4)5)14-15-23(19)28(26-22(27(32)33-28)12-10-16-29-26)25-18(3)31(7-2)24-13-9-8-11-21(24)25/h8-17H,6-7H2,1-5H3. The van der Waals surface area contributed by atoms with Crippen molar-refractivity contribution in [1.29, 1.82) is 0 Å². The maximum absolute atomic E-state index is 13.2. The quantitative estimate of drug-likeness (QED) is 0.388. The van der Waals surface area contributed by atoms with Gasteiger partial charge in [0.05, 0.1) is 5.56 Å². The molecule has 0 aliphatic carbocycles. The van der Waals surface area contributed by atoms with Gasteiger partial charge in [-0.1, -0.05) is 31.2 Å². The lowest BCUT2D eigenvalue weighted by molar-refractivity contribution is 0.0243. The summed E-state index contributed by atoms with van der Waals surface area (Å²) in [5.74, 6) is -0.329. The summed E-state index contributed by atoms with van der Waals surface area (Å²) in [6.45, 7) is 7.23. The van der Waals surface area contributed by atoms with Crippen molar-refractivity contribution in [3.63, 3.8) is 0 Å². The van der Waals surface area contributed by atoms with Gasteiger partial charge in [0.15, 0.2) is 0 Å². The van der Waals surface area contributed by atoms with E-state index in [1.807, 2.05) is 26.2 Å². The van der Waals surface area contributed by atoms with Gasteiger partial charge in [0.1, 0.15) is 5.69 Å². The predicted molar refractivity (Wildman–Crippen MR) is 132 cm³/mol. The second-order valence-electron chi connectivity index (χ2n) is 8.78. The van der Waals surface area contributed by atoms with E-state index in [1.165, 1.54) is 0 Å². The van der Waals surface area contributed by atoms with E-state index in [2.05, 4.69) is 66.6 Å². The molecule has 2 aromatic heterocycles. The second kappa shape index (κ2) is 7.77. The lowest BCUT2D eigenvalue weighted by Gasteiger charge is -2.32. The third kappa shape index (κ3) is 2.92. The Morgan fingerprint density at radius 2 is 1.85 bits per heavy atom. The molecule has 3 heterocycles. The molecule has 0 spiro atoms. The monoisotopic (exact) mass is 439 g/mol. The number of hydrogen-bond donors (Lipinski definition) is 0. The van der Waals surface area contributed by atoms with Crippen molar-refractivity contribution < 1.29 is 9.53 Å². The molecule has 168 valence electrons. The number of ether oxygens (including phenoxy) is 1. The molecule has 5 heteroatoms. The third-order valence-electron chi connectivity index (χ3n) is 6.87. The van der Waals surface area contributed by atoms with E-state index in [1.54, 1.807) is 12.3 Å². The van der Waals surface area contributed by atoms with Crippen LogP contribution in [0.15, 0.2) is 60.8 Å². The van der Waals surface area contributed by atoms with Gasteiger partial charge in [-0.2, -0.15) is 0 Å². The highest BCUT2D eigenvalue weighted by Gasteiger charge is 2.53.